The largest absolute Gasteiger partial charge is 0.393 e. The summed E-state index contributed by atoms with van der Waals surface area (Å²) in [5.74, 6) is 0.349. The van der Waals surface area contributed by atoms with E-state index >= 15 is 0 Å². The molecule has 1 aliphatic rings. The van der Waals surface area contributed by atoms with Crippen LogP contribution in [0.3, 0.4) is 0 Å². The van der Waals surface area contributed by atoms with Gasteiger partial charge in [0, 0.05) is 6.54 Å². The van der Waals surface area contributed by atoms with Crippen LogP contribution in [0.4, 0.5) is 0 Å². The number of amides is 1. The van der Waals surface area contributed by atoms with Crippen LogP contribution in [0.15, 0.2) is 13.6 Å². The molecule has 3 nitrogen and oxygen atoms in total. The normalized spacial score (nSPS) is 23.9. The van der Waals surface area contributed by atoms with Crippen molar-refractivity contribution in [2.45, 2.75) is 31.8 Å². The maximum Gasteiger partial charge on any atom is 0.253 e. The molecule has 1 aromatic rings. The van der Waals surface area contributed by atoms with Crippen LogP contribution in [-0.4, -0.2) is 23.7 Å². The van der Waals surface area contributed by atoms with Crippen molar-refractivity contribution < 1.29 is 9.90 Å². The monoisotopic (exact) mass is 395 g/mol. The van der Waals surface area contributed by atoms with Gasteiger partial charge in [-0.05, 0) is 63.1 Å². The molecule has 0 radical (unpaired) electrons. The number of thiophene rings is 1. The first-order valence-electron chi connectivity index (χ1n) is 5.97. The summed E-state index contributed by atoms with van der Waals surface area (Å²) in [5.41, 5.74) is 0.670. The molecule has 2 rings (SSSR count). The number of nitrogens with one attached hydrogen (secondary N) is 1. The fourth-order valence-electron chi connectivity index (χ4n) is 2.28. The van der Waals surface area contributed by atoms with Gasteiger partial charge < -0.3 is 10.4 Å². The summed E-state index contributed by atoms with van der Waals surface area (Å²) < 4.78 is 1.78. The minimum Gasteiger partial charge on any atom is -0.393 e. The number of carbonyl (C=O) groups is 1. The minimum atomic E-state index is -0.192. The third-order valence-electron chi connectivity index (χ3n) is 3.21. The van der Waals surface area contributed by atoms with Gasteiger partial charge in [0.2, 0.25) is 0 Å². The minimum absolute atomic E-state index is 0.0520. The topological polar surface area (TPSA) is 49.3 Å². The molecule has 0 aliphatic heterocycles. The number of rotatable bonds is 3. The van der Waals surface area contributed by atoms with Gasteiger partial charge in [0.1, 0.15) is 0 Å². The van der Waals surface area contributed by atoms with Crippen molar-refractivity contribution in [2.75, 3.05) is 6.54 Å². The van der Waals surface area contributed by atoms with E-state index in [1.165, 1.54) is 11.3 Å². The van der Waals surface area contributed by atoms with Crippen molar-refractivity contribution in [3.05, 3.63) is 19.2 Å². The Morgan fingerprint density at radius 3 is 2.89 bits per heavy atom. The fraction of sp³-hybridized carbons (Fsp3) is 0.583. The highest BCUT2D eigenvalue weighted by Crippen LogP contribution is 2.32. The number of halogens is 2. The summed E-state index contributed by atoms with van der Waals surface area (Å²) in [6, 6.07) is 1.82. The standard InChI is InChI=1S/C12H15Br2NO2S/c13-10-5-9(11(14)18-10)12(17)15-6-7-2-1-3-8(16)4-7/h5,7-8,16H,1-4,6H2,(H,15,17). The van der Waals surface area contributed by atoms with Crippen molar-refractivity contribution in [1.29, 1.82) is 0 Å². The highest BCUT2D eigenvalue weighted by molar-refractivity contribution is 9.12. The maximum absolute atomic E-state index is 12.0. The smallest absolute Gasteiger partial charge is 0.253 e. The maximum atomic E-state index is 12.0. The van der Waals surface area contributed by atoms with Crippen LogP contribution < -0.4 is 5.32 Å². The molecule has 0 saturated heterocycles. The number of aliphatic hydroxyl groups excluding tert-OH is 1. The second-order valence-electron chi connectivity index (χ2n) is 4.63. The zero-order valence-electron chi connectivity index (χ0n) is 9.79. The lowest BCUT2D eigenvalue weighted by molar-refractivity contribution is 0.0873. The van der Waals surface area contributed by atoms with Crippen molar-refractivity contribution in [1.82, 2.24) is 5.32 Å². The summed E-state index contributed by atoms with van der Waals surface area (Å²) in [6.07, 6.45) is 3.64. The van der Waals surface area contributed by atoms with E-state index in [1.54, 1.807) is 0 Å². The van der Waals surface area contributed by atoms with Gasteiger partial charge in [0.05, 0.1) is 19.2 Å². The van der Waals surface area contributed by atoms with Gasteiger partial charge in [-0.3, -0.25) is 4.79 Å². The number of aliphatic hydroxyl groups is 1. The van der Waals surface area contributed by atoms with Crippen LogP contribution in [0.25, 0.3) is 0 Å². The second kappa shape index (κ2) is 6.50. The van der Waals surface area contributed by atoms with Crippen LogP contribution in [0.5, 0.6) is 0 Å². The number of hydrogen-bond donors (Lipinski definition) is 2. The molecule has 0 bridgehead atoms. The Labute approximate surface area is 127 Å². The molecule has 2 atom stereocenters. The van der Waals surface area contributed by atoms with Gasteiger partial charge >= 0.3 is 0 Å². The Kier molecular flexibility index (Phi) is 5.24. The Hall–Kier alpha value is 0.0900. The Morgan fingerprint density at radius 1 is 1.50 bits per heavy atom. The number of hydrogen-bond acceptors (Lipinski definition) is 3. The molecular weight excluding hydrogens is 382 g/mol. The van der Waals surface area contributed by atoms with Crippen LogP contribution in [0.1, 0.15) is 36.0 Å². The summed E-state index contributed by atoms with van der Waals surface area (Å²) in [4.78, 5) is 12.0. The molecule has 1 aromatic heterocycles. The average Bonchev–Trinajstić information content (AvgIpc) is 2.66. The van der Waals surface area contributed by atoms with Crippen molar-refractivity contribution in [3.63, 3.8) is 0 Å². The molecule has 2 N–H and O–H groups in total. The first-order valence-corrected chi connectivity index (χ1v) is 8.37. The number of carbonyl (C=O) groups excluding carboxylic acids is 1. The van der Waals surface area contributed by atoms with E-state index in [1.807, 2.05) is 6.07 Å². The predicted octanol–water partition coefficient (Wildman–Crippen LogP) is 3.55. The highest BCUT2D eigenvalue weighted by atomic mass is 79.9. The van der Waals surface area contributed by atoms with E-state index in [-0.39, 0.29) is 12.0 Å². The molecule has 1 fully saturated rings. The summed E-state index contributed by atoms with van der Waals surface area (Å²) >= 11 is 8.24. The van der Waals surface area contributed by atoms with Crippen molar-refractivity contribution in [2.24, 2.45) is 5.92 Å². The van der Waals surface area contributed by atoms with Gasteiger partial charge in [-0.15, -0.1) is 11.3 Å². The lowest BCUT2D eigenvalue weighted by Crippen LogP contribution is -2.32. The fourth-order valence-corrected chi connectivity index (χ4v) is 5.07. The molecular formula is C12H15Br2NO2S. The Balaban J connectivity index is 1.86. The summed E-state index contributed by atoms with van der Waals surface area (Å²) in [6.45, 7) is 0.649. The molecule has 0 aromatic carbocycles. The van der Waals surface area contributed by atoms with Crippen LogP contribution in [0, 0.1) is 5.92 Å². The zero-order chi connectivity index (χ0) is 13.1. The zero-order valence-corrected chi connectivity index (χ0v) is 13.8. The second-order valence-corrected chi connectivity index (χ2v) is 8.38. The first-order chi connectivity index (χ1) is 8.56. The quantitative estimate of drug-likeness (QED) is 0.820. The van der Waals surface area contributed by atoms with Gasteiger partial charge in [-0.25, -0.2) is 0 Å². The predicted molar refractivity (Wildman–Crippen MR) is 80.0 cm³/mol. The van der Waals surface area contributed by atoms with Gasteiger partial charge in [0.25, 0.3) is 5.91 Å². The molecule has 6 heteroatoms. The van der Waals surface area contributed by atoms with Gasteiger partial charge in [-0.2, -0.15) is 0 Å². The van der Waals surface area contributed by atoms with E-state index in [9.17, 15) is 9.90 Å². The molecule has 1 aliphatic carbocycles. The molecule has 100 valence electrons. The Morgan fingerprint density at radius 2 is 2.28 bits per heavy atom. The van der Waals surface area contributed by atoms with Crippen molar-refractivity contribution in [3.8, 4) is 0 Å². The summed E-state index contributed by atoms with van der Waals surface area (Å²) in [7, 11) is 0. The lowest BCUT2D eigenvalue weighted by Gasteiger charge is -2.25. The van der Waals surface area contributed by atoms with Crippen LogP contribution in [0.2, 0.25) is 0 Å². The van der Waals surface area contributed by atoms with Crippen LogP contribution >= 0.6 is 43.2 Å². The molecule has 1 amide bonds. The SMILES string of the molecule is O=C(NCC1CCCC(O)C1)c1cc(Br)sc1Br. The van der Waals surface area contributed by atoms with Crippen molar-refractivity contribution >= 4 is 49.1 Å². The third kappa shape index (κ3) is 3.79. The third-order valence-corrected chi connectivity index (χ3v) is 5.55. The van der Waals surface area contributed by atoms with E-state index in [2.05, 4.69) is 37.2 Å². The molecule has 18 heavy (non-hydrogen) atoms. The Bertz CT molecular complexity index is 436. The van der Waals surface area contributed by atoms with Gasteiger partial charge in [-0.1, -0.05) is 6.42 Å². The molecule has 2 unspecified atom stereocenters. The van der Waals surface area contributed by atoms with E-state index in [0.717, 1.165) is 33.3 Å². The highest BCUT2D eigenvalue weighted by Gasteiger charge is 2.21. The van der Waals surface area contributed by atoms with E-state index < -0.39 is 0 Å². The van der Waals surface area contributed by atoms with E-state index in [4.69, 9.17) is 0 Å². The lowest BCUT2D eigenvalue weighted by atomic mass is 9.87. The molecule has 1 saturated carbocycles. The summed E-state index contributed by atoms with van der Waals surface area (Å²) in [5, 5.41) is 12.5. The molecule has 1 heterocycles. The average molecular weight is 397 g/mol. The molecule has 0 spiro atoms. The van der Waals surface area contributed by atoms with E-state index in [0.29, 0.717) is 18.0 Å². The van der Waals surface area contributed by atoms with Crippen LogP contribution in [-0.2, 0) is 0 Å². The first kappa shape index (κ1) is 14.5. The van der Waals surface area contributed by atoms with Gasteiger partial charge in [0.15, 0.2) is 0 Å².